The second-order valence-corrected chi connectivity index (χ2v) is 4.87. The first-order valence-corrected chi connectivity index (χ1v) is 6.78. The minimum atomic E-state index is 1.09. The third-order valence-electron chi connectivity index (χ3n) is 3.11. The molecule has 84 valence electrons. The summed E-state index contributed by atoms with van der Waals surface area (Å²) >= 11 is 1.71. The Morgan fingerprint density at radius 3 is 2.88 bits per heavy atom. The van der Waals surface area contributed by atoms with Gasteiger partial charge in [0.15, 0.2) is 6.20 Å². The van der Waals surface area contributed by atoms with E-state index in [0.29, 0.717) is 0 Å². The van der Waals surface area contributed by atoms with Crippen LogP contribution in [-0.2, 0) is 6.42 Å². The number of hydrogen-bond acceptors (Lipinski definition) is 1. The predicted octanol–water partition coefficient (Wildman–Crippen LogP) is 3.74. The van der Waals surface area contributed by atoms with Crippen molar-refractivity contribution in [1.29, 1.82) is 0 Å². The van der Waals surface area contributed by atoms with E-state index in [0.717, 1.165) is 6.42 Å². The maximum absolute atomic E-state index is 2.25. The summed E-state index contributed by atoms with van der Waals surface area (Å²) in [6.45, 7) is 2.20. The summed E-state index contributed by atoms with van der Waals surface area (Å²) in [5.74, 6) is 0. The van der Waals surface area contributed by atoms with Crippen LogP contribution in [0.25, 0.3) is 16.5 Å². The van der Waals surface area contributed by atoms with Crippen LogP contribution < -0.4 is 4.57 Å². The van der Waals surface area contributed by atoms with E-state index in [1.54, 1.807) is 11.3 Å². The molecular formula is C15H14NS+. The normalized spacial score (nSPS) is 10.9. The van der Waals surface area contributed by atoms with Crippen LogP contribution in [0.5, 0.6) is 0 Å². The molecule has 0 saturated carbocycles. The van der Waals surface area contributed by atoms with Crippen LogP contribution in [0.1, 0.15) is 12.5 Å². The highest BCUT2D eigenvalue weighted by molar-refractivity contribution is 7.07. The molecule has 0 aliphatic rings. The first-order valence-electron chi connectivity index (χ1n) is 5.84. The monoisotopic (exact) mass is 240 g/mol. The molecule has 3 aromatic rings. The SMILES string of the molecule is CCc1cccc2cc(-[n+]3ccsc3)ccc12. The van der Waals surface area contributed by atoms with Crippen LogP contribution >= 0.6 is 11.3 Å². The second kappa shape index (κ2) is 4.30. The molecule has 2 heteroatoms. The third-order valence-corrected chi connectivity index (χ3v) is 3.74. The van der Waals surface area contributed by atoms with Crippen LogP contribution in [0, 0.1) is 0 Å². The van der Waals surface area contributed by atoms with Crippen LogP contribution in [0.15, 0.2) is 53.5 Å². The van der Waals surface area contributed by atoms with Gasteiger partial charge in [-0.05, 0) is 28.8 Å². The van der Waals surface area contributed by atoms with E-state index in [-0.39, 0.29) is 0 Å². The molecule has 1 nitrogen and oxygen atoms in total. The fraction of sp³-hybridized carbons (Fsp3) is 0.133. The number of thiazole rings is 1. The van der Waals surface area contributed by atoms with Gasteiger partial charge >= 0.3 is 0 Å². The van der Waals surface area contributed by atoms with Crippen molar-refractivity contribution in [2.24, 2.45) is 0 Å². The van der Waals surface area contributed by atoms with Gasteiger partial charge in [0.2, 0.25) is 11.2 Å². The average molecular weight is 240 g/mol. The van der Waals surface area contributed by atoms with Gasteiger partial charge in [-0.2, -0.15) is 4.57 Å². The molecule has 0 bridgehead atoms. The van der Waals surface area contributed by atoms with Crippen molar-refractivity contribution in [3.63, 3.8) is 0 Å². The van der Waals surface area contributed by atoms with Crippen LogP contribution in [0.2, 0.25) is 0 Å². The van der Waals surface area contributed by atoms with E-state index < -0.39 is 0 Å². The van der Waals surface area contributed by atoms with Gasteiger partial charge in [0, 0.05) is 12.1 Å². The molecule has 0 spiro atoms. The molecule has 0 saturated heterocycles. The molecule has 0 aliphatic carbocycles. The molecule has 0 unspecified atom stereocenters. The molecular weight excluding hydrogens is 226 g/mol. The summed E-state index contributed by atoms with van der Waals surface area (Å²) in [6.07, 6.45) is 3.18. The highest BCUT2D eigenvalue weighted by Crippen LogP contribution is 2.20. The third kappa shape index (κ3) is 1.85. The number of nitrogens with zero attached hydrogens (tertiary/aromatic N) is 1. The Hall–Kier alpha value is -1.67. The zero-order valence-electron chi connectivity index (χ0n) is 9.76. The van der Waals surface area contributed by atoms with Gasteiger partial charge in [0.25, 0.3) is 0 Å². The zero-order valence-corrected chi connectivity index (χ0v) is 10.6. The van der Waals surface area contributed by atoms with Gasteiger partial charge < -0.3 is 0 Å². The number of benzene rings is 2. The van der Waals surface area contributed by atoms with Gasteiger partial charge in [-0.15, -0.1) is 0 Å². The predicted molar refractivity (Wildman–Crippen MR) is 72.7 cm³/mol. The lowest BCUT2D eigenvalue weighted by Crippen LogP contribution is -2.25. The van der Waals surface area contributed by atoms with E-state index in [2.05, 4.69) is 65.0 Å². The lowest BCUT2D eigenvalue weighted by Gasteiger charge is -2.03. The summed E-state index contributed by atoms with van der Waals surface area (Å²) in [5, 5.41) is 4.78. The Bertz CT molecular complexity index is 641. The van der Waals surface area contributed by atoms with Gasteiger partial charge in [0.05, 0.1) is 5.38 Å². The highest BCUT2D eigenvalue weighted by atomic mass is 32.1. The topological polar surface area (TPSA) is 3.88 Å². The average Bonchev–Trinajstić information content (AvgIpc) is 2.91. The lowest BCUT2D eigenvalue weighted by molar-refractivity contribution is -0.590. The Balaban J connectivity index is 2.21. The molecule has 2 aromatic carbocycles. The van der Waals surface area contributed by atoms with Gasteiger partial charge in [-0.3, -0.25) is 0 Å². The molecule has 0 N–H and O–H groups in total. The Morgan fingerprint density at radius 2 is 2.12 bits per heavy atom. The fourth-order valence-corrected chi connectivity index (χ4v) is 2.79. The van der Waals surface area contributed by atoms with E-state index >= 15 is 0 Å². The summed E-state index contributed by atoms with van der Waals surface area (Å²) < 4.78 is 2.16. The Morgan fingerprint density at radius 1 is 1.18 bits per heavy atom. The first-order chi connectivity index (χ1) is 8.38. The molecule has 1 aromatic heterocycles. The van der Waals surface area contributed by atoms with Gasteiger partial charge in [0.1, 0.15) is 0 Å². The maximum Gasteiger partial charge on any atom is 0.230 e. The summed E-state index contributed by atoms with van der Waals surface area (Å²) in [7, 11) is 0. The standard InChI is InChI=1S/C15H14NS/c1-2-12-4-3-5-13-10-14(6-7-15(12)13)16-8-9-17-11-16/h3-11H,2H2,1H3/q+1. The summed E-state index contributed by atoms with van der Waals surface area (Å²) in [5.41, 5.74) is 4.77. The summed E-state index contributed by atoms with van der Waals surface area (Å²) in [4.78, 5) is 0. The molecule has 0 radical (unpaired) electrons. The number of hydrogen-bond donors (Lipinski definition) is 0. The smallest absolute Gasteiger partial charge is 0.157 e. The minimum absolute atomic E-state index is 1.09. The van der Waals surface area contributed by atoms with Crippen molar-refractivity contribution in [2.75, 3.05) is 0 Å². The van der Waals surface area contributed by atoms with E-state index in [1.165, 1.54) is 22.0 Å². The number of aromatic nitrogens is 1. The molecule has 3 rings (SSSR count). The molecule has 17 heavy (non-hydrogen) atoms. The zero-order chi connectivity index (χ0) is 11.7. The summed E-state index contributed by atoms with van der Waals surface area (Å²) in [6, 6.07) is 13.2. The van der Waals surface area contributed by atoms with Gasteiger partial charge in [-0.25, -0.2) is 0 Å². The van der Waals surface area contributed by atoms with Crippen molar-refractivity contribution < 1.29 is 4.57 Å². The first kappa shape index (κ1) is 10.5. The Labute approximate surface area is 105 Å². The quantitative estimate of drug-likeness (QED) is 0.601. The van der Waals surface area contributed by atoms with Crippen molar-refractivity contribution in [1.82, 2.24) is 0 Å². The second-order valence-electron chi connectivity index (χ2n) is 4.11. The Kier molecular flexibility index (Phi) is 2.65. The van der Waals surface area contributed by atoms with E-state index in [1.807, 2.05) is 0 Å². The van der Waals surface area contributed by atoms with Gasteiger partial charge in [-0.1, -0.05) is 36.5 Å². The minimum Gasteiger partial charge on any atom is -0.157 e. The number of aryl methyl sites for hydroxylation is 1. The lowest BCUT2D eigenvalue weighted by atomic mass is 10.0. The van der Waals surface area contributed by atoms with Crippen LogP contribution in [0.3, 0.4) is 0 Å². The maximum atomic E-state index is 2.25. The number of fused-ring (bicyclic) bond motifs is 1. The van der Waals surface area contributed by atoms with Crippen molar-refractivity contribution in [3.05, 3.63) is 59.0 Å². The van der Waals surface area contributed by atoms with Crippen molar-refractivity contribution >= 4 is 22.1 Å². The molecule has 0 atom stereocenters. The highest BCUT2D eigenvalue weighted by Gasteiger charge is 2.07. The van der Waals surface area contributed by atoms with Crippen LogP contribution in [0.4, 0.5) is 0 Å². The van der Waals surface area contributed by atoms with Crippen molar-refractivity contribution in [2.45, 2.75) is 13.3 Å². The fourth-order valence-electron chi connectivity index (χ4n) is 2.19. The molecule has 0 amide bonds. The van der Waals surface area contributed by atoms with E-state index in [4.69, 9.17) is 0 Å². The van der Waals surface area contributed by atoms with Crippen molar-refractivity contribution in [3.8, 4) is 5.69 Å². The van der Waals surface area contributed by atoms with E-state index in [9.17, 15) is 0 Å². The van der Waals surface area contributed by atoms with Crippen LogP contribution in [-0.4, -0.2) is 0 Å². The molecule has 0 aliphatic heterocycles. The number of rotatable bonds is 2. The molecule has 0 fully saturated rings. The molecule has 1 heterocycles. The largest absolute Gasteiger partial charge is 0.230 e.